The molecular weight excluding hydrogens is 242 g/mol. The lowest BCUT2D eigenvalue weighted by molar-refractivity contribution is 0.0614. The number of hydrogen-bond acceptors (Lipinski definition) is 3. The summed E-state index contributed by atoms with van der Waals surface area (Å²) in [6.45, 7) is 7.07. The van der Waals surface area contributed by atoms with Crippen molar-refractivity contribution in [2.24, 2.45) is 5.41 Å². The van der Waals surface area contributed by atoms with Gasteiger partial charge in [0.05, 0.1) is 12.2 Å². The van der Waals surface area contributed by atoms with Crippen molar-refractivity contribution in [1.82, 2.24) is 4.90 Å². The number of benzene rings is 1. The molecule has 1 atom stereocenters. The Kier molecular flexibility index (Phi) is 5.09. The smallest absolute Gasteiger partial charge is 0.335 e. The summed E-state index contributed by atoms with van der Waals surface area (Å²) in [5.74, 6) is -0.914. The number of carbonyl (C=O) groups is 1. The highest BCUT2D eigenvalue weighted by Crippen LogP contribution is 2.24. The third-order valence-corrected chi connectivity index (χ3v) is 3.34. The number of carboxylic acid groups (broad SMARTS) is 1. The van der Waals surface area contributed by atoms with Crippen LogP contribution in [0.5, 0.6) is 0 Å². The molecule has 2 N–H and O–H groups in total. The Labute approximate surface area is 114 Å². The monoisotopic (exact) mass is 265 g/mol. The summed E-state index contributed by atoms with van der Waals surface area (Å²) >= 11 is 0. The average molecular weight is 265 g/mol. The maximum Gasteiger partial charge on any atom is 0.335 e. The molecular formula is C15H23NO3. The van der Waals surface area contributed by atoms with Crippen molar-refractivity contribution >= 4 is 5.97 Å². The van der Waals surface area contributed by atoms with Crippen molar-refractivity contribution < 1.29 is 15.0 Å². The van der Waals surface area contributed by atoms with E-state index in [-0.39, 0.29) is 18.1 Å². The highest BCUT2D eigenvalue weighted by atomic mass is 16.4. The molecule has 1 rings (SSSR count). The van der Waals surface area contributed by atoms with E-state index >= 15 is 0 Å². The van der Waals surface area contributed by atoms with Gasteiger partial charge in [0.25, 0.3) is 0 Å². The Morgan fingerprint density at radius 2 is 1.79 bits per heavy atom. The molecule has 106 valence electrons. The molecule has 0 aliphatic heterocycles. The van der Waals surface area contributed by atoms with Gasteiger partial charge in [-0.2, -0.15) is 0 Å². The summed E-state index contributed by atoms with van der Waals surface area (Å²) in [6.07, 6.45) is 0. The lowest BCUT2D eigenvalue weighted by Gasteiger charge is -2.36. The van der Waals surface area contributed by atoms with Gasteiger partial charge in [0, 0.05) is 12.6 Å². The third kappa shape index (κ3) is 4.33. The molecule has 4 heteroatoms. The summed E-state index contributed by atoms with van der Waals surface area (Å²) in [5, 5.41) is 18.4. The predicted molar refractivity (Wildman–Crippen MR) is 75.2 cm³/mol. The van der Waals surface area contributed by atoms with Crippen LogP contribution in [0, 0.1) is 5.41 Å². The van der Waals surface area contributed by atoms with Crippen LogP contribution in [-0.2, 0) is 6.54 Å². The van der Waals surface area contributed by atoms with E-state index in [1.807, 2.05) is 19.2 Å². The van der Waals surface area contributed by atoms with Crippen molar-refractivity contribution in [1.29, 1.82) is 0 Å². The molecule has 1 aromatic rings. The SMILES string of the molecule is CN(Cc1ccc(C(=O)O)cc1)C(CO)C(C)(C)C. The quantitative estimate of drug-likeness (QED) is 0.857. The molecule has 19 heavy (non-hydrogen) atoms. The lowest BCUT2D eigenvalue weighted by Crippen LogP contribution is -2.43. The Hall–Kier alpha value is -1.39. The van der Waals surface area contributed by atoms with E-state index in [1.165, 1.54) is 0 Å². The van der Waals surface area contributed by atoms with Crippen LogP contribution in [-0.4, -0.2) is 40.8 Å². The first kappa shape index (κ1) is 15.7. The summed E-state index contributed by atoms with van der Waals surface area (Å²) in [7, 11) is 1.97. The molecule has 1 unspecified atom stereocenters. The fourth-order valence-corrected chi connectivity index (χ4v) is 2.23. The standard InChI is InChI=1S/C15H23NO3/c1-15(2,3)13(10-17)16(4)9-11-5-7-12(8-6-11)14(18)19/h5-8,13,17H,9-10H2,1-4H3,(H,18,19). The van der Waals surface area contributed by atoms with Crippen molar-refractivity contribution in [2.45, 2.75) is 33.4 Å². The molecule has 0 aromatic heterocycles. The van der Waals surface area contributed by atoms with Gasteiger partial charge < -0.3 is 10.2 Å². The van der Waals surface area contributed by atoms with Gasteiger partial charge in [-0.15, -0.1) is 0 Å². The fraction of sp³-hybridized carbons (Fsp3) is 0.533. The van der Waals surface area contributed by atoms with Crippen LogP contribution < -0.4 is 0 Å². The molecule has 0 heterocycles. The Morgan fingerprint density at radius 1 is 1.26 bits per heavy atom. The van der Waals surface area contributed by atoms with Gasteiger partial charge in [-0.3, -0.25) is 4.90 Å². The number of aromatic carboxylic acids is 1. The molecule has 0 amide bonds. The number of rotatable bonds is 5. The van der Waals surface area contributed by atoms with Crippen LogP contribution in [0.2, 0.25) is 0 Å². The first-order valence-corrected chi connectivity index (χ1v) is 6.39. The summed E-state index contributed by atoms with van der Waals surface area (Å²) < 4.78 is 0. The van der Waals surface area contributed by atoms with E-state index in [9.17, 15) is 9.90 Å². The van der Waals surface area contributed by atoms with Crippen LogP contribution in [0.3, 0.4) is 0 Å². The second-order valence-electron chi connectivity index (χ2n) is 5.98. The minimum atomic E-state index is -0.914. The zero-order chi connectivity index (χ0) is 14.6. The van der Waals surface area contributed by atoms with Gasteiger partial charge in [0.1, 0.15) is 0 Å². The first-order valence-electron chi connectivity index (χ1n) is 6.39. The van der Waals surface area contributed by atoms with E-state index < -0.39 is 5.97 Å². The van der Waals surface area contributed by atoms with E-state index in [0.29, 0.717) is 12.1 Å². The molecule has 0 fully saturated rings. The number of carboxylic acids is 1. The number of aliphatic hydroxyl groups is 1. The zero-order valence-corrected chi connectivity index (χ0v) is 12.1. The van der Waals surface area contributed by atoms with Gasteiger partial charge in [-0.05, 0) is 30.2 Å². The van der Waals surface area contributed by atoms with E-state index in [2.05, 4.69) is 25.7 Å². The van der Waals surface area contributed by atoms with Gasteiger partial charge in [-0.1, -0.05) is 32.9 Å². The van der Waals surface area contributed by atoms with Crippen LogP contribution >= 0.6 is 0 Å². The van der Waals surface area contributed by atoms with Gasteiger partial charge >= 0.3 is 5.97 Å². The maximum absolute atomic E-state index is 10.8. The van der Waals surface area contributed by atoms with Crippen molar-refractivity contribution in [3.8, 4) is 0 Å². The average Bonchev–Trinajstić information content (AvgIpc) is 2.28. The van der Waals surface area contributed by atoms with Gasteiger partial charge in [0.2, 0.25) is 0 Å². The second-order valence-corrected chi connectivity index (χ2v) is 5.98. The van der Waals surface area contributed by atoms with Crippen molar-refractivity contribution in [2.75, 3.05) is 13.7 Å². The van der Waals surface area contributed by atoms with Crippen molar-refractivity contribution in [3.63, 3.8) is 0 Å². The minimum Gasteiger partial charge on any atom is -0.478 e. The van der Waals surface area contributed by atoms with Crippen LogP contribution in [0.25, 0.3) is 0 Å². The lowest BCUT2D eigenvalue weighted by atomic mass is 9.86. The Morgan fingerprint density at radius 3 is 2.16 bits per heavy atom. The van der Waals surface area contributed by atoms with E-state index in [4.69, 9.17) is 5.11 Å². The molecule has 4 nitrogen and oxygen atoms in total. The molecule has 1 aromatic carbocycles. The van der Waals surface area contributed by atoms with E-state index in [1.54, 1.807) is 12.1 Å². The minimum absolute atomic E-state index is 0.00942. The van der Waals surface area contributed by atoms with Crippen LogP contribution in [0.15, 0.2) is 24.3 Å². The van der Waals surface area contributed by atoms with Crippen LogP contribution in [0.1, 0.15) is 36.7 Å². The molecule has 0 aliphatic carbocycles. The molecule has 0 saturated heterocycles. The molecule has 0 radical (unpaired) electrons. The first-order chi connectivity index (χ1) is 8.75. The maximum atomic E-state index is 10.8. The zero-order valence-electron chi connectivity index (χ0n) is 12.1. The highest BCUT2D eigenvalue weighted by Gasteiger charge is 2.27. The fourth-order valence-electron chi connectivity index (χ4n) is 2.23. The van der Waals surface area contributed by atoms with E-state index in [0.717, 1.165) is 5.56 Å². The number of aliphatic hydroxyl groups excluding tert-OH is 1. The molecule has 0 bridgehead atoms. The van der Waals surface area contributed by atoms with Gasteiger partial charge in [-0.25, -0.2) is 4.79 Å². The number of likely N-dealkylation sites (N-methyl/N-ethyl adjacent to an activating group) is 1. The molecule has 0 aliphatic rings. The predicted octanol–water partition coefficient (Wildman–Crippen LogP) is 2.22. The Bertz CT molecular complexity index is 420. The highest BCUT2D eigenvalue weighted by molar-refractivity contribution is 5.87. The summed E-state index contributed by atoms with van der Waals surface area (Å²) in [5.41, 5.74) is 1.32. The summed E-state index contributed by atoms with van der Waals surface area (Å²) in [4.78, 5) is 12.9. The summed E-state index contributed by atoms with van der Waals surface area (Å²) in [6, 6.07) is 6.91. The topological polar surface area (TPSA) is 60.8 Å². The number of hydrogen-bond donors (Lipinski definition) is 2. The third-order valence-electron chi connectivity index (χ3n) is 3.34. The Balaban J connectivity index is 2.76. The normalized spacial score (nSPS) is 13.6. The largest absolute Gasteiger partial charge is 0.478 e. The second kappa shape index (κ2) is 6.17. The van der Waals surface area contributed by atoms with Crippen molar-refractivity contribution in [3.05, 3.63) is 35.4 Å². The molecule has 0 spiro atoms. The van der Waals surface area contributed by atoms with Crippen LogP contribution in [0.4, 0.5) is 0 Å². The van der Waals surface area contributed by atoms with Gasteiger partial charge in [0.15, 0.2) is 0 Å². The molecule has 0 saturated carbocycles. The number of nitrogens with zero attached hydrogens (tertiary/aromatic N) is 1.